The Morgan fingerprint density at radius 1 is 1.39 bits per heavy atom. The summed E-state index contributed by atoms with van der Waals surface area (Å²) >= 11 is 0. The van der Waals surface area contributed by atoms with Gasteiger partial charge < -0.3 is 19.9 Å². The lowest BCUT2D eigenvalue weighted by Crippen LogP contribution is -2.41. The second kappa shape index (κ2) is 5.95. The predicted octanol–water partition coefficient (Wildman–Crippen LogP) is 3.10. The van der Waals surface area contributed by atoms with Crippen molar-refractivity contribution < 1.29 is 9.53 Å². The van der Waals surface area contributed by atoms with E-state index in [1.807, 2.05) is 23.1 Å². The summed E-state index contributed by atoms with van der Waals surface area (Å²) in [4.78, 5) is 22.1. The number of hydrogen-bond acceptors (Lipinski definition) is 3. The van der Waals surface area contributed by atoms with Crippen molar-refractivity contribution in [3.05, 3.63) is 42.0 Å². The number of anilines is 1. The van der Waals surface area contributed by atoms with E-state index in [0.29, 0.717) is 0 Å². The van der Waals surface area contributed by atoms with Crippen LogP contribution in [0.5, 0.6) is 5.75 Å². The number of carbonyl (C=O) groups excluding carboxylic acids is 1. The van der Waals surface area contributed by atoms with Gasteiger partial charge in [0.1, 0.15) is 11.6 Å². The molecule has 1 fully saturated rings. The maximum absolute atomic E-state index is 12.7. The number of imidazole rings is 1. The Kier molecular flexibility index (Phi) is 3.65. The van der Waals surface area contributed by atoms with Gasteiger partial charge in [-0.3, -0.25) is 0 Å². The van der Waals surface area contributed by atoms with Gasteiger partial charge in [-0.2, -0.15) is 0 Å². The number of aromatic nitrogens is 2. The third kappa shape index (κ3) is 2.76. The molecule has 0 radical (unpaired) electrons. The Bertz CT molecular complexity index is 699. The average Bonchev–Trinajstić information content (AvgIpc) is 3.26. The molecule has 2 amide bonds. The number of ether oxygens (including phenoxy) is 1. The van der Waals surface area contributed by atoms with Crippen LogP contribution in [0.3, 0.4) is 0 Å². The summed E-state index contributed by atoms with van der Waals surface area (Å²) in [6.07, 6.45) is 7.53. The van der Waals surface area contributed by atoms with Crippen molar-refractivity contribution in [2.75, 3.05) is 18.5 Å². The van der Waals surface area contributed by atoms with E-state index in [4.69, 9.17) is 4.74 Å². The number of nitrogens with zero attached hydrogens (tertiary/aromatic N) is 2. The summed E-state index contributed by atoms with van der Waals surface area (Å²) in [6, 6.07) is 5.79. The smallest absolute Gasteiger partial charge is 0.322 e. The van der Waals surface area contributed by atoms with Crippen LogP contribution in [-0.2, 0) is 6.42 Å². The molecule has 6 heteroatoms. The SMILES string of the molecule is O=C(Nc1ccc2c(c1)CCO2)N1CCCC[C@H]1c1ncc[nH]1. The summed E-state index contributed by atoms with van der Waals surface area (Å²) in [5.74, 6) is 1.79. The van der Waals surface area contributed by atoms with Crippen LogP contribution in [0, 0.1) is 0 Å². The zero-order valence-electron chi connectivity index (χ0n) is 12.9. The molecule has 3 heterocycles. The van der Waals surface area contributed by atoms with E-state index in [1.165, 1.54) is 0 Å². The first-order valence-corrected chi connectivity index (χ1v) is 8.14. The van der Waals surface area contributed by atoms with E-state index in [9.17, 15) is 4.79 Å². The lowest BCUT2D eigenvalue weighted by Gasteiger charge is -2.34. The molecule has 2 aliphatic heterocycles. The summed E-state index contributed by atoms with van der Waals surface area (Å²) < 4.78 is 5.51. The number of H-pyrrole nitrogens is 1. The highest BCUT2D eigenvalue weighted by atomic mass is 16.5. The van der Waals surface area contributed by atoms with E-state index in [2.05, 4.69) is 15.3 Å². The van der Waals surface area contributed by atoms with Crippen molar-refractivity contribution in [2.24, 2.45) is 0 Å². The molecule has 2 N–H and O–H groups in total. The van der Waals surface area contributed by atoms with Crippen molar-refractivity contribution in [1.29, 1.82) is 0 Å². The van der Waals surface area contributed by atoms with Gasteiger partial charge in [0.15, 0.2) is 0 Å². The van der Waals surface area contributed by atoms with Crippen LogP contribution in [0.15, 0.2) is 30.6 Å². The van der Waals surface area contributed by atoms with Gasteiger partial charge in [-0.25, -0.2) is 9.78 Å². The second-order valence-corrected chi connectivity index (χ2v) is 6.03. The monoisotopic (exact) mass is 312 g/mol. The molecule has 2 aromatic rings. The van der Waals surface area contributed by atoms with Gasteiger partial charge in [0.25, 0.3) is 0 Å². The molecular weight excluding hydrogens is 292 g/mol. The van der Waals surface area contributed by atoms with E-state index in [1.54, 1.807) is 12.4 Å². The maximum Gasteiger partial charge on any atom is 0.322 e. The Morgan fingerprint density at radius 3 is 3.22 bits per heavy atom. The number of nitrogens with one attached hydrogen (secondary N) is 2. The number of piperidine rings is 1. The van der Waals surface area contributed by atoms with Crippen LogP contribution in [0.25, 0.3) is 0 Å². The number of carbonyl (C=O) groups is 1. The lowest BCUT2D eigenvalue weighted by molar-refractivity contribution is 0.160. The zero-order valence-corrected chi connectivity index (χ0v) is 12.9. The topological polar surface area (TPSA) is 70.2 Å². The van der Waals surface area contributed by atoms with Crippen molar-refractivity contribution >= 4 is 11.7 Å². The van der Waals surface area contributed by atoms with Gasteiger partial charge in [0, 0.05) is 31.0 Å². The first-order chi connectivity index (χ1) is 11.3. The average molecular weight is 312 g/mol. The molecule has 0 unspecified atom stereocenters. The minimum atomic E-state index is -0.0648. The van der Waals surface area contributed by atoms with Crippen LogP contribution in [0.1, 0.15) is 36.7 Å². The van der Waals surface area contributed by atoms with Crippen LogP contribution in [-0.4, -0.2) is 34.1 Å². The Labute approximate surface area is 134 Å². The molecule has 1 aromatic heterocycles. The summed E-state index contributed by atoms with van der Waals surface area (Å²) in [5.41, 5.74) is 1.98. The lowest BCUT2D eigenvalue weighted by atomic mass is 10.0. The van der Waals surface area contributed by atoms with Crippen molar-refractivity contribution in [3.8, 4) is 5.75 Å². The molecule has 2 aliphatic rings. The van der Waals surface area contributed by atoms with Gasteiger partial charge in [0.05, 0.1) is 12.6 Å². The third-order valence-electron chi connectivity index (χ3n) is 4.54. The summed E-state index contributed by atoms with van der Waals surface area (Å²) in [7, 11) is 0. The van der Waals surface area contributed by atoms with E-state index < -0.39 is 0 Å². The number of hydrogen-bond donors (Lipinski definition) is 2. The second-order valence-electron chi connectivity index (χ2n) is 6.03. The van der Waals surface area contributed by atoms with Crippen LogP contribution in [0.2, 0.25) is 0 Å². The first-order valence-electron chi connectivity index (χ1n) is 8.14. The largest absolute Gasteiger partial charge is 0.493 e. The van der Waals surface area contributed by atoms with Crippen LogP contribution in [0.4, 0.5) is 10.5 Å². The number of rotatable bonds is 2. The number of likely N-dealkylation sites (tertiary alicyclic amines) is 1. The number of benzene rings is 1. The normalized spacial score (nSPS) is 20.0. The minimum absolute atomic E-state index is 0.0245. The highest BCUT2D eigenvalue weighted by Gasteiger charge is 2.29. The minimum Gasteiger partial charge on any atom is -0.493 e. The highest BCUT2D eigenvalue weighted by Crippen LogP contribution is 2.31. The Morgan fingerprint density at radius 2 is 2.35 bits per heavy atom. The fourth-order valence-electron chi connectivity index (χ4n) is 3.38. The molecule has 120 valence electrons. The molecule has 0 spiro atoms. The third-order valence-corrected chi connectivity index (χ3v) is 4.54. The standard InChI is InChI=1S/C17H20N4O2/c22-17(20-13-4-5-15-12(11-13)6-10-23-15)21-9-2-1-3-14(21)16-18-7-8-19-16/h4-5,7-8,11,14H,1-3,6,9-10H2,(H,18,19)(H,20,22)/t14-/m0/s1. The number of aromatic amines is 1. The molecule has 0 aliphatic carbocycles. The maximum atomic E-state index is 12.7. The fraction of sp³-hybridized carbons (Fsp3) is 0.412. The number of fused-ring (bicyclic) bond motifs is 1. The molecular formula is C17H20N4O2. The molecule has 1 saturated heterocycles. The van der Waals surface area contributed by atoms with E-state index in [0.717, 1.165) is 61.7 Å². The molecule has 23 heavy (non-hydrogen) atoms. The molecule has 0 bridgehead atoms. The van der Waals surface area contributed by atoms with Crippen LogP contribution >= 0.6 is 0 Å². The van der Waals surface area contributed by atoms with Gasteiger partial charge in [-0.05, 0) is 43.0 Å². The predicted molar refractivity (Wildman–Crippen MR) is 86.5 cm³/mol. The number of urea groups is 1. The summed E-state index contributed by atoms with van der Waals surface area (Å²) in [6.45, 7) is 1.48. The summed E-state index contributed by atoms with van der Waals surface area (Å²) in [5, 5.41) is 3.02. The molecule has 1 atom stereocenters. The highest BCUT2D eigenvalue weighted by molar-refractivity contribution is 5.90. The van der Waals surface area contributed by atoms with Crippen LogP contribution < -0.4 is 10.1 Å². The molecule has 4 rings (SSSR count). The van der Waals surface area contributed by atoms with Gasteiger partial charge in [-0.15, -0.1) is 0 Å². The fourth-order valence-corrected chi connectivity index (χ4v) is 3.38. The number of amides is 2. The Hall–Kier alpha value is -2.50. The molecule has 6 nitrogen and oxygen atoms in total. The Balaban J connectivity index is 1.51. The first kappa shape index (κ1) is 14.1. The zero-order chi connectivity index (χ0) is 15.6. The van der Waals surface area contributed by atoms with Crippen molar-refractivity contribution in [2.45, 2.75) is 31.7 Å². The van der Waals surface area contributed by atoms with E-state index >= 15 is 0 Å². The molecule has 0 saturated carbocycles. The van der Waals surface area contributed by atoms with Gasteiger partial charge in [-0.1, -0.05) is 0 Å². The van der Waals surface area contributed by atoms with Crippen molar-refractivity contribution in [3.63, 3.8) is 0 Å². The quantitative estimate of drug-likeness (QED) is 0.895. The van der Waals surface area contributed by atoms with Crippen molar-refractivity contribution in [1.82, 2.24) is 14.9 Å². The van der Waals surface area contributed by atoms with E-state index in [-0.39, 0.29) is 12.1 Å². The van der Waals surface area contributed by atoms with Gasteiger partial charge >= 0.3 is 6.03 Å². The molecule has 1 aromatic carbocycles. The van der Waals surface area contributed by atoms with Gasteiger partial charge in [0.2, 0.25) is 0 Å².